The highest BCUT2D eigenvalue weighted by Crippen LogP contribution is 2.50. The fraction of sp³-hybridized carbons (Fsp3) is 0.238. The van der Waals surface area contributed by atoms with E-state index in [1.165, 1.54) is 10.6 Å². The van der Waals surface area contributed by atoms with Gasteiger partial charge in [-0.25, -0.2) is 4.39 Å². The predicted octanol–water partition coefficient (Wildman–Crippen LogP) is 6.15. The lowest BCUT2D eigenvalue weighted by Crippen LogP contribution is -2.37. The standard InChI is InChI=1S/C21H16F4IN5/c1-9-29-30-19-20(2,3)28-14-7-12(22)15(16(21(23,24)25)18(14)31(9)19)11-6-4-5-10-13(26)8-27-17(10)11/h4-8,27-28H,1-3H3. The molecule has 2 aromatic carbocycles. The first-order valence-electron chi connectivity index (χ1n) is 9.41. The van der Waals surface area contributed by atoms with Crippen molar-refractivity contribution >= 4 is 39.2 Å². The monoisotopic (exact) mass is 541 g/mol. The number of aromatic amines is 1. The summed E-state index contributed by atoms with van der Waals surface area (Å²) >= 11 is 2.09. The average Bonchev–Trinajstić information content (AvgIpc) is 3.24. The minimum absolute atomic E-state index is 0.0437. The van der Waals surface area contributed by atoms with Gasteiger partial charge in [0.1, 0.15) is 11.6 Å². The molecule has 0 aliphatic carbocycles. The normalized spacial score (nSPS) is 15.0. The number of benzene rings is 2. The third kappa shape index (κ3) is 2.87. The van der Waals surface area contributed by atoms with E-state index in [0.717, 1.165) is 15.0 Å². The summed E-state index contributed by atoms with van der Waals surface area (Å²) < 4.78 is 61.4. The Morgan fingerprint density at radius 1 is 1.16 bits per heavy atom. The predicted molar refractivity (Wildman–Crippen MR) is 118 cm³/mol. The maximum Gasteiger partial charge on any atom is 0.419 e. The number of aryl methyl sites for hydroxylation is 1. The molecule has 5 rings (SSSR count). The molecule has 5 nitrogen and oxygen atoms in total. The molecule has 0 saturated carbocycles. The van der Waals surface area contributed by atoms with Crippen LogP contribution in [0.3, 0.4) is 0 Å². The number of halogens is 5. The van der Waals surface area contributed by atoms with Crippen molar-refractivity contribution < 1.29 is 17.6 Å². The smallest absolute Gasteiger partial charge is 0.371 e. The minimum Gasteiger partial charge on any atom is -0.371 e. The molecule has 0 atom stereocenters. The number of hydrogen-bond donors (Lipinski definition) is 2. The molecule has 0 radical (unpaired) electrons. The molecule has 3 heterocycles. The van der Waals surface area contributed by atoms with Crippen LogP contribution in [-0.4, -0.2) is 19.7 Å². The molecule has 1 aliphatic rings. The molecule has 0 unspecified atom stereocenters. The molecule has 0 fully saturated rings. The summed E-state index contributed by atoms with van der Waals surface area (Å²) in [5.74, 6) is -0.338. The van der Waals surface area contributed by atoms with Gasteiger partial charge in [0.2, 0.25) is 0 Å². The Morgan fingerprint density at radius 2 is 1.90 bits per heavy atom. The maximum absolute atomic E-state index is 15.4. The van der Waals surface area contributed by atoms with E-state index in [0.29, 0.717) is 17.2 Å². The SMILES string of the molecule is Cc1nnc2n1-c1c(cc(F)c(-c3cccc4c(I)c[nH]c34)c1C(F)(F)F)NC2(C)C. The Kier molecular flexibility index (Phi) is 4.21. The largest absolute Gasteiger partial charge is 0.419 e. The molecule has 2 N–H and O–H groups in total. The number of alkyl halides is 3. The van der Waals surface area contributed by atoms with Gasteiger partial charge in [-0.2, -0.15) is 13.2 Å². The van der Waals surface area contributed by atoms with Gasteiger partial charge >= 0.3 is 6.18 Å². The molecule has 2 aromatic heterocycles. The molecule has 0 spiro atoms. The van der Waals surface area contributed by atoms with Gasteiger partial charge in [0.25, 0.3) is 0 Å². The Labute approximate surface area is 188 Å². The topological polar surface area (TPSA) is 58.5 Å². The number of rotatable bonds is 1. The number of anilines is 1. The van der Waals surface area contributed by atoms with E-state index in [2.05, 4.69) is 43.1 Å². The number of nitrogens with zero attached hydrogens (tertiary/aromatic N) is 3. The quantitative estimate of drug-likeness (QED) is 0.225. The summed E-state index contributed by atoms with van der Waals surface area (Å²) in [6.45, 7) is 5.10. The van der Waals surface area contributed by atoms with Gasteiger partial charge in [0.15, 0.2) is 5.82 Å². The summed E-state index contributed by atoms with van der Waals surface area (Å²) in [5.41, 5.74) is -1.96. The van der Waals surface area contributed by atoms with Crippen LogP contribution in [0.25, 0.3) is 27.7 Å². The molecule has 0 bridgehead atoms. The first kappa shape index (κ1) is 20.3. The molecule has 0 amide bonds. The molecular formula is C21H16F4IN5. The molecule has 0 saturated heterocycles. The highest BCUT2D eigenvalue weighted by atomic mass is 127. The van der Waals surface area contributed by atoms with Crippen LogP contribution in [0.4, 0.5) is 23.2 Å². The fourth-order valence-electron chi connectivity index (χ4n) is 4.26. The van der Waals surface area contributed by atoms with Gasteiger partial charge in [0, 0.05) is 26.3 Å². The van der Waals surface area contributed by atoms with Gasteiger partial charge in [-0.05, 0) is 49.4 Å². The van der Waals surface area contributed by atoms with E-state index >= 15 is 4.39 Å². The van der Waals surface area contributed by atoms with Crippen LogP contribution >= 0.6 is 22.6 Å². The van der Waals surface area contributed by atoms with Crippen LogP contribution in [-0.2, 0) is 11.7 Å². The molecule has 1 aliphatic heterocycles. The summed E-state index contributed by atoms with van der Waals surface area (Å²) in [6.07, 6.45) is -3.15. The molecule has 31 heavy (non-hydrogen) atoms. The van der Waals surface area contributed by atoms with Gasteiger partial charge in [-0.1, -0.05) is 18.2 Å². The second-order valence-electron chi connectivity index (χ2n) is 8.02. The Morgan fingerprint density at radius 3 is 2.61 bits per heavy atom. The van der Waals surface area contributed by atoms with Gasteiger partial charge in [-0.3, -0.25) is 4.57 Å². The number of nitrogens with one attached hydrogen (secondary N) is 2. The third-order valence-corrected chi connectivity index (χ3v) is 6.42. The first-order valence-corrected chi connectivity index (χ1v) is 10.5. The second kappa shape index (κ2) is 6.44. The highest BCUT2D eigenvalue weighted by Gasteiger charge is 2.45. The number of hydrogen-bond acceptors (Lipinski definition) is 3. The van der Waals surface area contributed by atoms with Gasteiger partial charge < -0.3 is 10.3 Å². The molecule has 10 heteroatoms. The minimum atomic E-state index is -4.83. The molecule has 4 aromatic rings. The van der Waals surface area contributed by atoms with Crippen molar-refractivity contribution in [2.75, 3.05) is 5.32 Å². The third-order valence-electron chi connectivity index (χ3n) is 5.52. The van der Waals surface area contributed by atoms with Crippen molar-refractivity contribution in [2.24, 2.45) is 0 Å². The Hall–Kier alpha value is -2.63. The Balaban J connectivity index is 1.95. The number of para-hydroxylation sites is 1. The number of aromatic nitrogens is 4. The van der Waals surface area contributed by atoms with E-state index < -0.39 is 28.7 Å². The summed E-state index contributed by atoms with van der Waals surface area (Å²) in [6, 6.07) is 6.03. The lowest BCUT2D eigenvalue weighted by Gasteiger charge is -2.36. The van der Waals surface area contributed by atoms with E-state index in [4.69, 9.17) is 0 Å². The zero-order valence-electron chi connectivity index (χ0n) is 16.6. The maximum atomic E-state index is 15.4. The van der Waals surface area contributed by atoms with Gasteiger partial charge in [-0.15, -0.1) is 10.2 Å². The van der Waals surface area contributed by atoms with E-state index in [-0.39, 0.29) is 16.9 Å². The van der Waals surface area contributed by atoms with Crippen molar-refractivity contribution in [3.63, 3.8) is 0 Å². The summed E-state index contributed by atoms with van der Waals surface area (Å²) in [5, 5.41) is 11.8. The van der Waals surface area contributed by atoms with Crippen LogP contribution in [0.2, 0.25) is 0 Å². The van der Waals surface area contributed by atoms with Crippen molar-refractivity contribution in [3.05, 3.63) is 57.1 Å². The van der Waals surface area contributed by atoms with Crippen molar-refractivity contribution in [3.8, 4) is 16.8 Å². The van der Waals surface area contributed by atoms with Crippen molar-refractivity contribution in [1.29, 1.82) is 0 Å². The fourth-order valence-corrected chi connectivity index (χ4v) is 4.87. The zero-order chi connectivity index (χ0) is 22.3. The Bertz CT molecular complexity index is 1370. The first-order chi connectivity index (χ1) is 14.5. The lowest BCUT2D eigenvalue weighted by molar-refractivity contribution is -0.137. The highest BCUT2D eigenvalue weighted by molar-refractivity contribution is 14.1. The molecular weight excluding hydrogens is 525 g/mol. The van der Waals surface area contributed by atoms with Crippen LogP contribution in [0.5, 0.6) is 0 Å². The average molecular weight is 541 g/mol. The zero-order valence-corrected chi connectivity index (χ0v) is 18.8. The summed E-state index contributed by atoms with van der Waals surface area (Å²) in [4.78, 5) is 2.99. The van der Waals surface area contributed by atoms with Crippen LogP contribution < -0.4 is 5.32 Å². The summed E-state index contributed by atoms with van der Waals surface area (Å²) in [7, 11) is 0. The van der Waals surface area contributed by atoms with Crippen LogP contribution in [0.1, 0.15) is 31.1 Å². The number of fused-ring (bicyclic) bond motifs is 4. The molecule has 160 valence electrons. The van der Waals surface area contributed by atoms with Crippen molar-refractivity contribution in [2.45, 2.75) is 32.5 Å². The van der Waals surface area contributed by atoms with Crippen LogP contribution in [0, 0.1) is 16.3 Å². The lowest BCUT2D eigenvalue weighted by atomic mass is 9.91. The number of H-pyrrole nitrogens is 1. The van der Waals surface area contributed by atoms with E-state index in [9.17, 15) is 13.2 Å². The van der Waals surface area contributed by atoms with Crippen LogP contribution in [0.15, 0.2) is 30.5 Å². The van der Waals surface area contributed by atoms with E-state index in [1.54, 1.807) is 39.1 Å². The van der Waals surface area contributed by atoms with Crippen molar-refractivity contribution in [1.82, 2.24) is 19.7 Å². The van der Waals surface area contributed by atoms with E-state index in [1.807, 2.05) is 0 Å². The van der Waals surface area contributed by atoms with Gasteiger partial charge in [0.05, 0.1) is 28.0 Å². The second-order valence-corrected chi connectivity index (χ2v) is 9.19.